The Morgan fingerprint density at radius 2 is 1.77 bits per heavy atom. The van der Waals surface area contributed by atoms with Gasteiger partial charge in [0.25, 0.3) is 10.0 Å². The fourth-order valence-electron chi connectivity index (χ4n) is 2.80. The summed E-state index contributed by atoms with van der Waals surface area (Å²) in [5.74, 6) is 1.21. The molecule has 0 amide bonds. The van der Waals surface area contributed by atoms with E-state index in [1.807, 2.05) is 0 Å². The number of rotatable bonds is 6. The Balaban J connectivity index is 1.50. The van der Waals surface area contributed by atoms with Crippen LogP contribution >= 0.6 is 11.6 Å². The summed E-state index contributed by atoms with van der Waals surface area (Å²) in [6, 6.07) is 15.2. The van der Waals surface area contributed by atoms with E-state index in [4.69, 9.17) is 11.6 Å². The van der Waals surface area contributed by atoms with Crippen LogP contribution in [-0.2, 0) is 10.0 Å². The molecule has 8 nitrogen and oxygen atoms in total. The van der Waals surface area contributed by atoms with E-state index in [0.717, 1.165) is 5.69 Å². The van der Waals surface area contributed by atoms with Crippen LogP contribution in [0, 0.1) is 6.92 Å². The number of hydrogen-bond acceptors (Lipinski definition) is 6. The first-order valence-electron chi connectivity index (χ1n) is 8.89. The van der Waals surface area contributed by atoms with Crippen molar-refractivity contribution in [3.8, 4) is 5.82 Å². The lowest BCUT2D eigenvalue weighted by atomic mass is 10.2. The Bertz CT molecular complexity index is 1280. The SMILES string of the molecule is Cc1c(Cl)cccc1S(=O)(=O)Nc1ccc(Nc2cc(-n3cccn3)ncn2)cc1. The fraction of sp³-hybridized carbons (Fsp3) is 0.0500. The molecule has 0 aliphatic heterocycles. The lowest BCUT2D eigenvalue weighted by Crippen LogP contribution is -2.14. The monoisotopic (exact) mass is 440 g/mol. The third-order valence-electron chi connectivity index (χ3n) is 4.31. The van der Waals surface area contributed by atoms with E-state index in [0.29, 0.717) is 27.9 Å². The first-order chi connectivity index (χ1) is 14.4. The van der Waals surface area contributed by atoms with Crippen LogP contribution in [0.5, 0.6) is 0 Å². The Morgan fingerprint density at radius 3 is 2.50 bits per heavy atom. The van der Waals surface area contributed by atoms with Gasteiger partial charge in [-0.3, -0.25) is 4.72 Å². The second-order valence-electron chi connectivity index (χ2n) is 6.38. The minimum Gasteiger partial charge on any atom is -0.340 e. The van der Waals surface area contributed by atoms with Gasteiger partial charge in [-0.05, 0) is 55.0 Å². The lowest BCUT2D eigenvalue weighted by molar-refractivity contribution is 0.600. The standard InChI is InChI=1S/C20H17ClN6O2S/c1-14-17(21)4-2-5-18(14)30(28,29)26-16-8-6-15(7-9-16)25-19-12-20(23-13-22-19)27-11-3-10-24-27/h2-13,26H,1H3,(H,22,23,25). The van der Waals surface area contributed by atoms with Crippen LogP contribution in [0.1, 0.15) is 5.56 Å². The van der Waals surface area contributed by atoms with Gasteiger partial charge in [0.2, 0.25) is 0 Å². The maximum Gasteiger partial charge on any atom is 0.262 e. The summed E-state index contributed by atoms with van der Waals surface area (Å²) in [5, 5.41) is 7.70. The van der Waals surface area contributed by atoms with Gasteiger partial charge >= 0.3 is 0 Å². The van der Waals surface area contributed by atoms with Gasteiger partial charge in [-0.15, -0.1) is 0 Å². The first-order valence-corrected chi connectivity index (χ1v) is 10.8. The average molecular weight is 441 g/mol. The number of anilines is 3. The predicted molar refractivity (Wildman–Crippen MR) is 116 cm³/mol. The molecule has 2 N–H and O–H groups in total. The van der Waals surface area contributed by atoms with E-state index in [2.05, 4.69) is 25.1 Å². The van der Waals surface area contributed by atoms with Crippen LogP contribution in [0.15, 0.2) is 78.2 Å². The van der Waals surface area contributed by atoms with Gasteiger partial charge in [0.05, 0.1) is 4.90 Å². The Kier molecular flexibility index (Phi) is 5.39. The predicted octanol–water partition coefficient (Wildman–Crippen LogP) is 4.17. The van der Waals surface area contributed by atoms with Crippen molar-refractivity contribution in [2.75, 3.05) is 10.0 Å². The van der Waals surface area contributed by atoms with Crippen LogP contribution in [0.3, 0.4) is 0 Å². The highest BCUT2D eigenvalue weighted by atomic mass is 35.5. The Hall–Kier alpha value is -3.43. The summed E-state index contributed by atoms with van der Waals surface area (Å²) >= 11 is 6.05. The summed E-state index contributed by atoms with van der Waals surface area (Å²) < 4.78 is 29.6. The van der Waals surface area contributed by atoms with Gasteiger partial charge in [0.15, 0.2) is 5.82 Å². The van der Waals surface area contributed by atoms with Crippen LogP contribution in [0.4, 0.5) is 17.2 Å². The zero-order valence-electron chi connectivity index (χ0n) is 15.8. The molecular weight excluding hydrogens is 424 g/mol. The molecule has 4 rings (SSSR count). The molecule has 4 aromatic rings. The van der Waals surface area contributed by atoms with Gasteiger partial charge in [-0.1, -0.05) is 17.7 Å². The fourth-order valence-corrected chi connectivity index (χ4v) is 4.36. The van der Waals surface area contributed by atoms with Crippen LogP contribution < -0.4 is 10.0 Å². The van der Waals surface area contributed by atoms with Crippen molar-refractivity contribution in [3.05, 3.63) is 83.9 Å². The molecule has 0 saturated carbocycles. The van der Waals surface area contributed by atoms with Crippen LogP contribution in [0.25, 0.3) is 5.82 Å². The zero-order valence-corrected chi connectivity index (χ0v) is 17.4. The third-order valence-corrected chi connectivity index (χ3v) is 6.24. The molecule has 0 spiro atoms. The molecular formula is C20H17ClN6O2S. The van der Waals surface area contributed by atoms with Crippen molar-refractivity contribution < 1.29 is 8.42 Å². The summed E-state index contributed by atoms with van der Waals surface area (Å²) in [7, 11) is -3.75. The van der Waals surface area contributed by atoms with E-state index in [1.165, 1.54) is 12.4 Å². The number of aromatic nitrogens is 4. The quantitative estimate of drug-likeness (QED) is 0.466. The molecule has 10 heteroatoms. The number of sulfonamides is 1. The van der Waals surface area contributed by atoms with E-state index in [1.54, 1.807) is 72.5 Å². The molecule has 2 aromatic heterocycles. The second kappa shape index (κ2) is 8.13. The van der Waals surface area contributed by atoms with Crippen molar-refractivity contribution in [1.29, 1.82) is 0 Å². The van der Waals surface area contributed by atoms with Crippen molar-refractivity contribution in [2.45, 2.75) is 11.8 Å². The van der Waals surface area contributed by atoms with Crippen molar-refractivity contribution in [3.63, 3.8) is 0 Å². The topological polar surface area (TPSA) is 102 Å². The Labute approximate surface area is 178 Å². The molecule has 0 aliphatic rings. The minimum atomic E-state index is -3.75. The number of halogens is 1. The highest BCUT2D eigenvalue weighted by molar-refractivity contribution is 7.92. The second-order valence-corrected chi connectivity index (χ2v) is 8.44. The minimum absolute atomic E-state index is 0.143. The van der Waals surface area contributed by atoms with Crippen LogP contribution in [-0.4, -0.2) is 28.2 Å². The smallest absolute Gasteiger partial charge is 0.262 e. The van der Waals surface area contributed by atoms with Gasteiger partial charge < -0.3 is 5.32 Å². The molecule has 30 heavy (non-hydrogen) atoms. The number of benzene rings is 2. The Morgan fingerprint density at radius 1 is 1.00 bits per heavy atom. The number of hydrogen-bond donors (Lipinski definition) is 2. The highest BCUT2D eigenvalue weighted by Crippen LogP contribution is 2.25. The normalized spacial score (nSPS) is 11.3. The third kappa shape index (κ3) is 4.27. The van der Waals surface area contributed by atoms with E-state index < -0.39 is 10.0 Å². The van der Waals surface area contributed by atoms with Gasteiger partial charge in [-0.25, -0.2) is 23.1 Å². The zero-order chi connectivity index (χ0) is 21.1. The molecule has 0 aliphatic carbocycles. The van der Waals surface area contributed by atoms with E-state index in [-0.39, 0.29) is 4.90 Å². The molecule has 0 fully saturated rings. The molecule has 0 atom stereocenters. The number of nitrogens with zero attached hydrogens (tertiary/aromatic N) is 4. The molecule has 0 radical (unpaired) electrons. The lowest BCUT2D eigenvalue weighted by Gasteiger charge is -2.12. The maximum atomic E-state index is 12.7. The van der Waals surface area contributed by atoms with Crippen molar-refractivity contribution in [2.24, 2.45) is 0 Å². The molecule has 0 saturated heterocycles. The van der Waals surface area contributed by atoms with Crippen LogP contribution in [0.2, 0.25) is 5.02 Å². The van der Waals surface area contributed by atoms with Crippen molar-refractivity contribution >= 4 is 38.8 Å². The number of nitrogens with one attached hydrogen (secondary N) is 2. The molecule has 0 unspecified atom stereocenters. The van der Waals surface area contributed by atoms with Gasteiger partial charge in [0, 0.05) is 34.9 Å². The first kappa shape index (κ1) is 19.9. The maximum absolute atomic E-state index is 12.7. The largest absolute Gasteiger partial charge is 0.340 e. The van der Waals surface area contributed by atoms with Crippen molar-refractivity contribution in [1.82, 2.24) is 19.7 Å². The molecule has 152 valence electrons. The van der Waals surface area contributed by atoms with Gasteiger partial charge in [-0.2, -0.15) is 5.10 Å². The van der Waals surface area contributed by atoms with Gasteiger partial charge in [0.1, 0.15) is 12.1 Å². The van der Waals surface area contributed by atoms with E-state index in [9.17, 15) is 8.42 Å². The molecule has 0 bridgehead atoms. The van der Waals surface area contributed by atoms with E-state index >= 15 is 0 Å². The highest BCUT2D eigenvalue weighted by Gasteiger charge is 2.18. The summed E-state index contributed by atoms with van der Waals surface area (Å²) in [6.45, 7) is 1.67. The molecule has 2 aromatic carbocycles. The molecule has 2 heterocycles. The average Bonchev–Trinajstić information content (AvgIpc) is 3.26. The summed E-state index contributed by atoms with van der Waals surface area (Å²) in [4.78, 5) is 8.52. The summed E-state index contributed by atoms with van der Waals surface area (Å²) in [6.07, 6.45) is 4.89. The summed E-state index contributed by atoms with van der Waals surface area (Å²) in [5.41, 5.74) is 1.67.